The molecule has 1 atom stereocenters. The zero-order valence-electron chi connectivity index (χ0n) is 15.3. The lowest BCUT2D eigenvalue weighted by Gasteiger charge is -2.35. The number of nitrogens with one attached hydrogen (secondary N) is 1. The van der Waals surface area contributed by atoms with Gasteiger partial charge in [-0.25, -0.2) is 4.79 Å². The number of rotatable bonds is 5. The number of amides is 2. The minimum atomic E-state index is -0.251. The van der Waals surface area contributed by atoms with Crippen molar-refractivity contribution in [2.24, 2.45) is 0 Å². The maximum absolute atomic E-state index is 12.5. The summed E-state index contributed by atoms with van der Waals surface area (Å²) < 4.78 is 5.72. The van der Waals surface area contributed by atoms with E-state index in [4.69, 9.17) is 27.9 Å². The molecule has 1 aromatic carbocycles. The van der Waals surface area contributed by atoms with E-state index in [0.717, 1.165) is 12.1 Å². The third-order valence-corrected chi connectivity index (χ3v) is 5.12. The highest BCUT2D eigenvalue weighted by Gasteiger charge is 2.27. The van der Waals surface area contributed by atoms with Crippen molar-refractivity contribution in [2.75, 3.05) is 46.9 Å². The molecule has 7 heteroatoms. The summed E-state index contributed by atoms with van der Waals surface area (Å²) in [4.78, 5) is 16.4. The molecule has 140 valence electrons. The first-order valence-corrected chi connectivity index (χ1v) is 9.19. The molecule has 1 aliphatic heterocycles. The average molecular weight is 388 g/mol. The van der Waals surface area contributed by atoms with Gasteiger partial charge in [0.15, 0.2) is 0 Å². The van der Waals surface area contributed by atoms with Crippen LogP contribution in [0.2, 0.25) is 10.0 Å². The third kappa shape index (κ3) is 5.74. The van der Waals surface area contributed by atoms with E-state index in [-0.39, 0.29) is 17.6 Å². The van der Waals surface area contributed by atoms with Gasteiger partial charge < -0.3 is 19.9 Å². The average Bonchev–Trinajstić information content (AvgIpc) is 2.54. The van der Waals surface area contributed by atoms with Crippen LogP contribution >= 0.6 is 23.2 Å². The molecule has 1 aromatic rings. The lowest BCUT2D eigenvalue weighted by atomic mass is 9.84. The van der Waals surface area contributed by atoms with Gasteiger partial charge in [-0.1, -0.05) is 43.1 Å². The van der Waals surface area contributed by atoms with Crippen LogP contribution in [0.4, 0.5) is 4.79 Å². The Kier molecular flexibility index (Phi) is 6.97. The number of hydrogen-bond donors (Lipinski definition) is 1. The molecule has 1 fully saturated rings. The molecule has 1 saturated heterocycles. The van der Waals surface area contributed by atoms with E-state index < -0.39 is 0 Å². The zero-order chi connectivity index (χ0) is 18.6. The van der Waals surface area contributed by atoms with Gasteiger partial charge in [-0.2, -0.15) is 0 Å². The highest BCUT2D eigenvalue weighted by Crippen LogP contribution is 2.29. The number of nitrogens with zero attached hydrogens (tertiary/aromatic N) is 2. The standard InChI is InChI=1S/C18H27Cl2N3O2/c1-18(2,13-5-6-15(19)16(20)9-13)12-21-17(24)23-7-8-25-14(11-23)10-22(3)4/h5-6,9,14H,7-8,10-12H2,1-4H3,(H,21,24). The molecule has 1 N–H and O–H groups in total. The van der Waals surface area contributed by atoms with Crippen LogP contribution in [0.15, 0.2) is 18.2 Å². The van der Waals surface area contributed by atoms with Crippen molar-refractivity contribution in [1.29, 1.82) is 0 Å². The summed E-state index contributed by atoms with van der Waals surface area (Å²) in [6.07, 6.45) is 0.0533. The number of hydrogen-bond acceptors (Lipinski definition) is 3. The second kappa shape index (κ2) is 8.58. The molecule has 0 spiro atoms. The van der Waals surface area contributed by atoms with Crippen molar-refractivity contribution in [1.82, 2.24) is 15.1 Å². The van der Waals surface area contributed by atoms with Gasteiger partial charge in [0.05, 0.1) is 22.8 Å². The third-order valence-electron chi connectivity index (χ3n) is 4.38. The first-order chi connectivity index (χ1) is 11.7. The number of likely N-dealkylation sites (N-methyl/N-ethyl adjacent to an activating group) is 1. The molecule has 1 heterocycles. The van der Waals surface area contributed by atoms with Crippen LogP contribution in [0.1, 0.15) is 19.4 Å². The van der Waals surface area contributed by atoms with E-state index in [9.17, 15) is 4.79 Å². The quantitative estimate of drug-likeness (QED) is 0.843. The van der Waals surface area contributed by atoms with Crippen molar-refractivity contribution in [3.8, 4) is 0 Å². The molecular weight excluding hydrogens is 361 g/mol. The molecule has 1 aliphatic rings. The number of ether oxygens (including phenoxy) is 1. The van der Waals surface area contributed by atoms with Crippen LogP contribution in [-0.2, 0) is 10.2 Å². The van der Waals surface area contributed by atoms with E-state index in [1.165, 1.54) is 0 Å². The normalized spacial score (nSPS) is 18.5. The second-order valence-electron chi connectivity index (χ2n) is 7.37. The van der Waals surface area contributed by atoms with Crippen LogP contribution in [0.5, 0.6) is 0 Å². The first kappa shape index (κ1) is 20.3. The predicted octanol–water partition coefficient (Wildman–Crippen LogP) is 3.24. The van der Waals surface area contributed by atoms with Gasteiger partial charge >= 0.3 is 6.03 Å². The fraction of sp³-hybridized carbons (Fsp3) is 0.611. The molecule has 2 amide bonds. The fourth-order valence-electron chi connectivity index (χ4n) is 2.85. The molecule has 0 aliphatic carbocycles. The van der Waals surface area contributed by atoms with E-state index in [1.807, 2.05) is 31.1 Å². The Hall–Kier alpha value is -1.01. The van der Waals surface area contributed by atoms with Gasteiger partial charge in [-0.15, -0.1) is 0 Å². The Balaban J connectivity index is 1.92. The number of carbonyl (C=O) groups excluding carboxylic acids is 1. The van der Waals surface area contributed by atoms with E-state index in [0.29, 0.717) is 36.3 Å². The molecule has 1 unspecified atom stereocenters. The molecule has 0 aromatic heterocycles. The van der Waals surface area contributed by atoms with Gasteiger partial charge in [0.1, 0.15) is 0 Å². The Morgan fingerprint density at radius 2 is 2.08 bits per heavy atom. The van der Waals surface area contributed by atoms with Gasteiger partial charge in [0.2, 0.25) is 0 Å². The van der Waals surface area contributed by atoms with Gasteiger partial charge in [-0.3, -0.25) is 0 Å². The first-order valence-electron chi connectivity index (χ1n) is 8.43. The monoisotopic (exact) mass is 387 g/mol. The van der Waals surface area contributed by atoms with Crippen LogP contribution in [-0.4, -0.2) is 68.8 Å². The molecule has 2 rings (SSSR count). The SMILES string of the molecule is CN(C)CC1CN(C(=O)NCC(C)(C)c2ccc(Cl)c(Cl)c2)CCO1. The number of morpholine rings is 1. The number of urea groups is 1. The molecule has 5 nitrogen and oxygen atoms in total. The highest BCUT2D eigenvalue weighted by molar-refractivity contribution is 6.42. The molecule has 0 radical (unpaired) electrons. The zero-order valence-corrected chi connectivity index (χ0v) is 16.8. The number of halogens is 2. The summed E-state index contributed by atoms with van der Waals surface area (Å²) in [7, 11) is 4.00. The van der Waals surface area contributed by atoms with Crippen LogP contribution < -0.4 is 5.32 Å². The summed E-state index contributed by atoms with van der Waals surface area (Å²) in [5.74, 6) is 0. The van der Waals surface area contributed by atoms with Crippen molar-refractivity contribution >= 4 is 29.2 Å². The smallest absolute Gasteiger partial charge is 0.317 e. The summed E-state index contributed by atoms with van der Waals surface area (Å²) in [5, 5.41) is 4.10. The van der Waals surface area contributed by atoms with E-state index >= 15 is 0 Å². The lowest BCUT2D eigenvalue weighted by molar-refractivity contribution is -0.0246. The molecular formula is C18H27Cl2N3O2. The maximum atomic E-state index is 12.5. The molecule has 25 heavy (non-hydrogen) atoms. The van der Waals surface area contributed by atoms with E-state index in [2.05, 4.69) is 24.1 Å². The van der Waals surface area contributed by atoms with Crippen LogP contribution in [0.3, 0.4) is 0 Å². The lowest BCUT2D eigenvalue weighted by Crippen LogP contribution is -2.53. The van der Waals surface area contributed by atoms with Crippen molar-refractivity contribution in [3.63, 3.8) is 0 Å². The second-order valence-corrected chi connectivity index (χ2v) is 8.19. The summed E-state index contributed by atoms with van der Waals surface area (Å²) in [5.41, 5.74) is 0.786. The van der Waals surface area contributed by atoms with Gasteiger partial charge in [-0.05, 0) is 31.8 Å². The largest absolute Gasteiger partial charge is 0.373 e. The minimum absolute atomic E-state index is 0.0533. The fourth-order valence-corrected chi connectivity index (χ4v) is 3.15. The van der Waals surface area contributed by atoms with Gasteiger partial charge in [0.25, 0.3) is 0 Å². The van der Waals surface area contributed by atoms with Crippen LogP contribution in [0.25, 0.3) is 0 Å². The molecule has 0 bridgehead atoms. The minimum Gasteiger partial charge on any atom is -0.373 e. The van der Waals surface area contributed by atoms with Crippen LogP contribution in [0, 0.1) is 0 Å². The van der Waals surface area contributed by atoms with Crippen molar-refractivity contribution in [2.45, 2.75) is 25.4 Å². The summed E-state index contributed by atoms with van der Waals surface area (Å²) >= 11 is 12.1. The van der Waals surface area contributed by atoms with Crippen molar-refractivity contribution in [3.05, 3.63) is 33.8 Å². The Bertz CT molecular complexity index is 608. The maximum Gasteiger partial charge on any atom is 0.317 e. The Morgan fingerprint density at radius 3 is 2.72 bits per heavy atom. The van der Waals surface area contributed by atoms with Gasteiger partial charge in [0, 0.05) is 31.6 Å². The predicted molar refractivity (Wildman–Crippen MR) is 103 cm³/mol. The summed E-state index contributed by atoms with van der Waals surface area (Å²) in [6, 6.07) is 5.54. The summed E-state index contributed by atoms with van der Waals surface area (Å²) in [6.45, 7) is 7.25. The van der Waals surface area contributed by atoms with Crippen molar-refractivity contribution < 1.29 is 9.53 Å². The Morgan fingerprint density at radius 1 is 1.36 bits per heavy atom. The number of carbonyl (C=O) groups is 1. The topological polar surface area (TPSA) is 44.8 Å². The molecule has 0 saturated carbocycles. The number of benzene rings is 1. The Labute approximate surface area is 160 Å². The highest BCUT2D eigenvalue weighted by atomic mass is 35.5. The van der Waals surface area contributed by atoms with E-state index in [1.54, 1.807) is 6.07 Å².